The van der Waals surface area contributed by atoms with Gasteiger partial charge in [0, 0.05) is 25.0 Å². The number of anilines is 1. The zero-order valence-electron chi connectivity index (χ0n) is 12.5. The molecular weight excluding hydrogens is 250 g/mol. The van der Waals surface area contributed by atoms with Crippen LogP contribution in [-0.4, -0.2) is 17.1 Å². The number of pyridine rings is 2. The first-order chi connectivity index (χ1) is 9.49. The van der Waals surface area contributed by atoms with E-state index in [0.29, 0.717) is 12.4 Å². The normalized spacial score (nSPS) is 11.2. The molecule has 0 amide bonds. The van der Waals surface area contributed by atoms with Crippen LogP contribution in [0.2, 0.25) is 0 Å². The molecular formula is C16H21N3O. The van der Waals surface area contributed by atoms with Gasteiger partial charge in [-0.15, -0.1) is 0 Å². The molecule has 20 heavy (non-hydrogen) atoms. The summed E-state index contributed by atoms with van der Waals surface area (Å²) in [6, 6.07) is 8.00. The van der Waals surface area contributed by atoms with Crippen LogP contribution in [0.25, 0.3) is 0 Å². The first-order valence-electron chi connectivity index (χ1n) is 6.68. The fourth-order valence-electron chi connectivity index (χ4n) is 1.81. The molecule has 0 spiro atoms. The first-order valence-corrected chi connectivity index (χ1v) is 6.68. The summed E-state index contributed by atoms with van der Waals surface area (Å²) >= 11 is 0. The quantitative estimate of drug-likeness (QED) is 0.926. The highest BCUT2D eigenvalue weighted by Gasteiger charge is 2.13. The molecule has 0 unspecified atom stereocenters. The predicted octanol–water partition coefficient (Wildman–Crippen LogP) is 3.39. The summed E-state index contributed by atoms with van der Waals surface area (Å²) in [6.45, 7) is 7.24. The second kappa shape index (κ2) is 5.90. The van der Waals surface area contributed by atoms with Crippen LogP contribution in [-0.2, 0) is 12.0 Å². The molecule has 0 fully saturated rings. The lowest BCUT2D eigenvalue weighted by atomic mass is 9.88. The van der Waals surface area contributed by atoms with Gasteiger partial charge in [0.15, 0.2) is 0 Å². The summed E-state index contributed by atoms with van der Waals surface area (Å²) < 4.78 is 5.11. The van der Waals surface area contributed by atoms with E-state index < -0.39 is 0 Å². The van der Waals surface area contributed by atoms with E-state index in [1.807, 2.05) is 24.4 Å². The lowest BCUT2D eigenvalue weighted by Crippen LogP contribution is -2.11. The fraction of sp³-hybridized carbons (Fsp3) is 0.375. The van der Waals surface area contributed by atoms with Gasteiger partial charge in [-0.2, -0.15) is 0 Å². The molecule has 2 rings (SSSR count). The third kappa shape index (κ3) is 3.70. The molecule has 1 N–H and O–H groups in total. The number of nitrogens with zero attached hydrogens (tertiary/aromatic N) is 2. The maximum atomic E-state index is 5.11. The average Bonchev–Trinajstić information content (AvgIpc) is 2.45. The van der Waals surface area contributed by atoms with Gasteiger partial charge in [0.05, 0.1) is 7.11 Å². The van der Waals surface area contributed by atoms with Gasteiger partial charge < -0.3 is 10.1 Å². The Morgan fingerprint density at radius 1 is 1.15 bits per heavy atom. The monoisotopic (exact) mass is 271 g/mol. The van der Waals surface area contributed by atoms with E-state index in [2.05, 4.69) is 42.1 Å². The zero-order chi connectivity index (χ0) is 14.6. The van der Waals surface area contributed by atoms with Gasteiger partial charge >= 0.3 is 0 Å². The summed E-state index contributed by atoms with van der Waals surface area (Å²) in [6.07, 6.45) is 3.67. The number of rotatable bonds is 4. The van der Waals surface area contributed by atoms with E-state index in [0.717, 1.165) is 11.4 Å². The van der Waals surface area contributed by atoms with Crippen molar-refractivity contribution in [3.05, 3.63) is 47.8 Å². The van der Waals surface area contributed by atoms with E-state index in [9.17, 15) is 0 Å². The van der Waals surface area contributed by atoms with Crippen molar-refractivity contribution in [1.82, 2.24) is 9.97 Å². The maximum absolute atomic E-state index is 5.11. The van der Waals surface area contributed by atoms with Crippen LogP contribution in [0.1, 0.15) is 31.9 Å². The van der Waals surface area contributed by atoms with Crippen LogP contribution in [0.5, 0.6) is 5.88 Å². The van der Waals surface area contributed by atoms with Crippen LogP contribution >= 0.6 is 0 Å². The standard InChI is InChI=1S/C16H21N3O/c1-16(2,3)13-5-6-14(19-11-13)18-10-12-7-8-17-15(9-12)20-4/h5-9,11H,10H2,1-4H3,(H,18,19). The number of hydrogen-bond acceptors (Lipinski definition) is 4. The minimum absolute atomic E-state index is 0.129. The number of nitrogens with one attached hydrogen (secondary N) is 1. The van der Waals surface area contributed by atoms with Crippen molar-refractivity contribution in [2.24, 2.45) is 0 Å². The Bertz CT molecular complexity index is 559. The Balaban J connectivity index is 2.00. The van der Waals surface area contributed by atoms with E-state index in [4.69, 9.17) is 4.74 Å². The van der Waals surface area contributed by atoms with Crippen LogP contribution in [0, 0.1) is 0 Å². The summed E-state index contributed by atoms with van der Waals surface area (Å²) in [5.41, 5.74) is 2.47. The molecule has 2 heterocycles. The van der Waals surface area contributed by atoms with Crippen LogP contribution in [0.3, 0.4) is 0 Å². The van der Waals surface area contributed by atoms with Gasteiger partial charge in [-0.25, -0.2) is 9.97 Å². The topological polar surface area (TPSA) is 47.0 Å². The lowest BCUT2D eigenvalue weighted by Gasteiger charge is -2.18. The van der Waals surface area contributed by atoms with Gasteiger partial charge in [-0.3, -0.25) is 0 Å². The molecule has 0 radical (unpaired) electrons. The van der Waals surface area contributed by atoms with Crippen molar-refractivity contribution in [2.45, 2.75) is 32.7 Å². The van der Waals surface area contributed by atoms with Gasteiger partial charge in [-0.1, -0.05) is 26.8 Å². The maximum Gasteiger partial charge on any atom is 0.213 e. The molecule has 0 atom stereocenters. The SMILES string of the molecule is COc1cc(CNc2ccc(C(C)(C)C)cn2)ccn1. The Labute approximate surface area is 120 Å². The summed E-state index contributed by atoms with van der Waals surface area (Å²) in [5.74, 6) is 1.49. The average molecular weight is 271 g/mol. The van der Waals surface area contributed by atoms with Gasteiger partial charge in [-0.05, 0) is 28.7 Å². The minimum Gasteiger partial charge on any atom is -0.481 e. The number of aromatic nitrogens is 2. The summed E-state index contributed by atoms with van der Waals surface area (Å²) in [7, 11) is 1.62. The van der Waals surface area contributed by atoms with E-state index in [-0.39, 0.29) is 5.41 Å². The summed E-state index contributed by atoms with van der Waals surface area (Å²) in [5, 5.41) is 3.30. The summed E-state index contributed by atoms with van der Waals surface area (Å²) in [4.78, 5) is 8.53. The van der Waals surface area contributed by atoms with Crippen LogP contribution in [0.4, 0.5) is 5.82 Å². The molecule has 4 heteroatoms. The fourth-order valence-corrected chi connectivity index (χ4v) is 1.81. The second-order valence-corrected chi connectivity index (χ2v) is 5.74. The highest BCUT2D eigenvalue weighted by Crippen LogP contribution is 2.22. The van der Waals surface area contributed by atoms with Crippen LogP contribution in [0.15, 0.2) is 36.7 Å². The molecule has 2 aromatic heterocycles. The van der Waals surface area contributed by atoms with Gasteiger partial charge in [0.25, 0.3) is 0 Å². The Morgan fingerprint density at radius 2 is 1.95 bits per heavy atom. The van der Waals surface area contributed by atoms with Crippen molar-refractivity contribution in [3.8, 4) is 5.88 Å². The second-order valence-electron chi connectivity index (χ2n) is 5.74. The Morgan fingerprint density at radius 3 is 2.55 bits per heavy atom. The predicted molar refractivity (Wildman–Crippen MR) is 81.1 cm³/mol. The van der Waals surface area contributed by atoms with Crippen molar-refractivity contribution in [1.29, 1.82) is 0 Å². The molecule has 4 nitrogen and oxygen atoms in total. The third-order valence-corrected chi connectivity index (χ3v) is 3.11. The lowest BCUT2D eigenvalue weighted by molar-refractivity contribution is 0.397. The largest absolute Gasteiger partial charge is 0.481 e. The van der Waals surface area contributed by atoms with Gasteiger partial charge in [0.1, 0.15) is 5.82 Å². The molecule has 0 saturated carbocycles. The van der Waals surface area contributed by atoms with E-state index in [1.165, 1.54) is 5.56 Å². The van der Waals surface area contributed by atoms with Crippen molar-refractivity contribution in [2.75, 3.05) is 12.4 Å². The van der Waals surface area contributed by atoms with Crippen molar-refractivity contribution >= 4 is 5.82 Å². The number of ether oxygens (including phenoxy) is 1. The third-order valence-electron chi connectivity index (χ3n) is 3.11. The highest BCUT2D eigenvalue weighted by molar-refractivity contribution is 5.38. The smallest absolute Gasteiger partial charge is 0.213 e. The zero-order valence-corrected chi connectivity index (χ0v) is 12.5. The number of methoxy groups -OCH3 is 1. The van der Waals surface area contributed by atoms with Crippen LogP contribution < -0.4 is 10.1 Å². The molecule has 0 aliphatic heterocycles. The number of hydrogen-bond donors (Lipinski definition) is 1. The molecule has 0 aromatic carbocycles. The van der Waals surface area contributed by atoms with Crippen molar-refractivity contribution in [3.63, 3.8) is 0 Å². The Kier molecular flexibility index (Phi) is 4.23. The molecule has 0 aliphatic rings. The molecule has 0 saturated heterocycles. The minimum atomic E-state index is 0.129. The van der Waals surface area contributed by atoms with Gasteiger partial charge in [0.2, 0.25) is 5.88 Å². The first kappa shape index (κ1) is 14.3. The van der Waals surface area contributed by atoms with E-state index >= 15 is 0 Å². The van der Waals surface area contributed by atoms with E-state index in [1.54, 1.807) is 13.3 Å². The molecule has 0 bridgehead atoms. The molecule has 2 aromatic rings. The molecule has 0 aliphatic carbocycles. The Hall–Kier alpha value is -2.10. The molecule has 106 valence electrons. The highest BCUT2D eigenvalue weighted by atomic mass is 16.5. The van der Waals surface area contributed by atoms with Crippen molar-refractivity contribution < 1.29 is 4.74 Å².